The van der Waals surface area contributed by atoms with Crippen LogP contribution in [0.4, 0.5) is 15.8 Å². The van der Waals surface area contributed by atoms with Gasteiger partial charge in [0.1, 0.15) is 11.6 Å². The highest BCUT2D eigenvalue weighted by Crippen LogP contribution is 2.33. The maximum absolute atomic E-state index is 13.4. The van der Waals surface area contributed by atoms with Crippen molar-refractivity contribution in [1.29, 1.82) is 0 Å². The van der Waals surface area contributed by atoms with E-state index in [0.717, 1.165) is 0 Å². The van der Waals surface area contributed by atoms with Crippen molar-refractivity contribution >= 4 is 17.2 Å². The first-order valence-electron chi connectivity index (χ1n) is 5.90. The molecule has 0 aromatic heterocycles. The minimum atomic E-state index is -0.642. The Labute approximate surface area is 111 Å². The fourth-order valence-electron chi connectivity index (χ4n) is 2.17. The van der Waals surface area contributed by atoms with Crippen LogP contribution in [0.25, 0.3) is 0 Å². The molecule has 0 fully saturated rings. The number of nitrogens with two attached hydrogens (primary N) is 2. The van der Waals surface area contributed by atoms with E-state index in [0.29, 0.717) is 22.5 Å². The van der Waals surface area contributed by atoms with E-state index in [1.165, 1.54) is 25.1 Å². The van der Waals surface area contributed by atoms with E-state index < -0.39 is 11.7 Å². The normalized spacial score (nSPS) is 12.1. The number of Topliss-reactive ketones (excluding diaryl/α,β-unsaturated/α-hetero) is 1. The van der Waals surface area contributed by atoms with Gasteiger partial charge < -0.3 is 11.5 Å². The summed E-state index contributed by atoms with van der Waals surface area (Å²) in [6.07, 6.45) is 0. The van der Waals surface area contributed by atoms with Crippen LogP contribution in [-0.2, 0) is 4.79 Å². The molecule has 4 heteroatoms. The number of ketones is 1. The molecule has 2 aromatic carbocycles. The van der Waals surface area contributed by atoms with Crippen molar-refractivity contribution < 1.29 is 9.18 Å². The van der Waals surface area contributed by atoms with Crippen molar-refractivity contribution in [1.82, 2.24) is 0 Å². The average molecular weight is 258 g/mol. The predicted octanol–water partition coefficient (Wildman–Crippen LogP) is 2.71. The number of rotatable bonds is 3. The molecule has 0 radical (unpaired) electrons. The standard InChI is InChI=1S/C15H15FN2O/c1-9(19)15(11-4-2-3-5-13(11)17)12-8-10(16)6-7-14(12)18/h2-8,15H,17-18H2,1H3. The zero-order chi connectivity index (χ0) is 14.0. The second kappa shape index (κ2) is 5.10. The van der Waals surface area contributed by atoms with Crippen LogP contribution in [0.15, 0.2) is 42.5 Å². The van der Waals surface area contributed by atoms with Gasteiger partial charge in [-0.15, -0.1) is 0 Å². The first-order chi connectivity index (χ1) is 9.00. The SMILES string of the molecule is CC(=O)C(c1ccccc1N)c1cc(F)ccc1N. The van der Waals surface area contributed by atoms with E-state index >= 15 is 0 Å². The van der Waals surface area contributed by atoms with E-state index in [4.69, 9.17) is 11.5 Å². The van der Waals surface area contributed by atoms with Crippen molar-refractivity contribution in [3.63, 3.8) is 0 Å². The molecule has 0 saturated carbocycles. The van der Waals surface area contributed by atoms with Gasteiger partial charge in [0.25, 0.3) is 0 Å². The van der Waals surface area contributed by atoms with E-state index in [1.54, 1.807) is 24.3 Å². The summed E-state index contributed by atoms with van der Waals surface area (Å²) >= 11 is 0. The zero-order valence-corrected chi connectivity index (χ0v) is 10.6. The lowest BCUT2D eigenvalue weighted by atomic mass is 9.86. The van der Waals surface area contributed by atoms with E-state index in [-0.39, 0.29) is 5.78 Å². The molecule has 0 spiro atoms. The van der Waals surface area contributed by atoms with E-state index in [2.05, 4.69) is 0 Å². The van der Waals surface area contributed by atoms with Gasteiger partial charge in [-0.05, 0) is 42.3 Å². The quantitative estimate of drug-likeness (QED) is 0.832. The van der Waals surface area contributed by atoms with Crippen molar-refractivity contribution in [2.75, 3.05) is 11.5 Å². The summed E-state index contributed by atoms with van der Waals surface area (Å²) in [4.78, 5) is 11.9. The van der Waals surface area contributed by atoms with E-state index in [9.17, 15) is 9.18 Å². The van der Waals surface area contributed by atoms with Gasteiger partial charge in [0.15, 0.2) is 0 Å². The molecule has 3 nitrogen and oxygen atoms in total. The van der Waals surface area contributed by atoms with Gasteiger partial charge in [-0.3, -0.25) is 4.79 Å². The van der Waals surface area contributed by atoms with Gasteiger partial charge in [-0.25, -0.2) is 4.39 Å². The lowest BCUT2D eigenvalue weighted by Gasteiger charge is -2.18. The molecule has 2 rings (SSSR count). The second-order valence-corrected chi connectivity index (χ2v) is 4.45. The van der Waals surface area contributed by atoms with Crippen LogP contribution in [0.3, 0.4) is 0 Å². The summed E-state index contributed by atoms with van der Waals surface area (Å²) in [6.45, 7) is 1.45. The molecule has 2 aromatic rings. The number of halogens is 1. The van der Waals surface area contributed by atoms with Crippen LogP contribution in [-0.4, -0.2) is 5.78 Å². The Balaban J connectivity index is 2.62. The van der Waals surface area contributed by atoms with Gasteiger partial charge in [0.05, 0.1) is 5.92 Å². The fraction of sp³-hybridized carbons (Fsp3) is 0.133. The zero-order valence-electron chi connectivity index (χ0n) is 10.6. The molecule has 4 N–H and O–H groups in total. The summed E-state index contributed by atoms with van der Waals surface area (Å²) in [5.74, 6) is -1.20. The Hall–Kier alpha value is -2.36. The van der Waals surface area contributed by atoms with Gasteiger partial charge >= 0.3 is 0 Å². The molecule has 1 unspecified atom stereocenters. The monoisotopic (exact) mass is 258 g/mol. The molecule has 0 amide bonds. The number of nitrogen functional groups attached to an aromatic ring is 2. The minimum Gasteiger partial charge on any atom is -0.398 e. The first-order valence-corrected chi connectivity index (χ1v) is 5.90. The summed E-state index contributed by atoms with van der Waals surface area (Å²) in [5.41, 5.74) is 13.7. The lowest BCUT2D eigenvalue weighted by Crippen LogP contribution is -2.14. The van der Waals surface area contributed by atoms with Gasteiger partial charge in [-0.1, -0.05) is 18.2 Å². The predicted molar refractivity (Wildman–Crippen MR) is 74.2 cm³/mol. The molecule has 1 atom stereocenters. The topological polar surface area (TPSA) is 69.1 Å². The third-order valence-corrected chi connectivity index (χ3v) is 3.07. The third kappa shape index (κ3) is 2.57. The van der Waals surface area contributed by atoms with Crippen LogP contribution >= 0.6 is 0 Å². The Morgan fingerprint density at radius 1 is 1.05 bits per heavy atom. The largest absolute Gasteiger partial charge is 0.398 e. The number of benzene rings is 2. The van der Waals surface area contributed by atoms with Crippen LogP contribution in [0.5, 0.6) is 0 Å². The Bertz CT molecular complexity index is 625. The van der Waals surface area contributed by atoms with Crippen molar-refractivity contribution in [3.05, 3.63) is 59.4 Å². The smallest absolute Gasteiger partial charge is 0.141 e. The Morgan fingerprint density at radius 3 is 2.32 bits per heavy atom. The van der Waals surface area contributed by atoms with E-state index in [1.807, 2.05) is 0 Å². The van der Waals surface area contributed by atoms with Crippen LogP contribution in [0.2, 0.25) is 0 Å². The van der Waals surface area contributed by atoms with Gasteiger partial charge in [0.2, 0.25) is 0 Å². The molecule has 19 heavy (non-hydrogen) atoms. The molecule has 0 heterocycles. The Kier molecular flexibility index (Phi) is 3.51. The van der Waals surface area contributed by atoms with Crippen molar-refractivity contribution in [2.24, 2.45) is 0 Å². The van der Waals surface area contributed by atoms with Gasteiger partial charge in [-0.2, -0.15) is 0 Å². The fourth-order valence-corrected chi connectivity index (χ4v) is 2.17. The minimum absolute atomic E-state index is 0.129. The highest BCUT2D eigenvalue weighted by atomic mass is 19.1. The molecule has 0 aliphatic carbocycles. The molecule has 0 saturated heterocycles. The number of para-hydroxylation sites is 1. The maximum atomic E-state index is 13.4. The molecular weight excluding hydrogens is 243 g/mol. The molecular formula is C15H15FN2O. The summed E-state index contributed by atoms with van der Waals surface area (Å²) in [7, 11) is 0. The summed E-state index contributed by atoms with van der Waals surface area (Å²) < 4.78 is 13.4. The molecule has 0 aliphatic rings. The number of carbonyl (C=O) groups excluding carboxylic acids is 1. The van der Waals surface area contributed by atoms with Crippen LogP contribution in [0, 0.1) is 5.82 Å². The maximum Gasteiger partial charge on any atom is 0.141 e. The molecule has 0 bridgehead atoms. The highest BCUT2D eigenvalue weighted by molar-refractivity contribution is 5.90. The first kappa shape index (κ1) is 13.1. The summed E-state index contributed by atoms with van der Waals surface area (Å²) in [5, 5.41) is 0. The molecule has 0 aliphatic heterocycles. The number of hydrogen-bond donors (Lipinski definition) is 2. The third-order valence-electron chi connectivity index (χ3n) is 3.07. The summed E-state index contributed by atoms with van der Waals surface area (Å²) in [6, 6.07) is 11.0. The number of hydrogen-bond acceptors (Lipinski definition) is 3. The lowest BCUT2D eigenvalue weighted by molar-refractivity contribution is -0.117. The second-order valence-electron chi connectivity index (χ2n) is 4.45. The highest BCUT2D eigenvalue weighted by Gasteiger charge is 2.23. The number of anilines is 2. The van der Waals surface area contributed by atoms with Crippen LogP contribution in [0.1, 0.15) is 24.0 Å². The Morgan fingerprint density at radius 2 is 1.68 bits per heavy atom. The average Bonchev–Trinajstić information content (AvgIpc) is 2.36. The van der Waals surface area contributed by atoms with Gasteiger partial charge in [0, 0.05) is 11.4 Å². The number of carbonyl (C=O) groups is 1. The van der Waals surface area contributed by atoms with Crippen molar-refractivity contribution in [2.45, 2.75) is 12.8 Å². The van der Waals surface area contributed by atoms with Crippen LogP contribution < -0.4 is 11.5 Å². The molecule has 98 valence electrons. The van der Waals surface area contributed by atoms with Crippen molar-refractivity contribution in [3.8, 4) is 0 Å².